The highest BCUT2D eigenvalue weighted by molar-refractivity contribution is 5.98. The van der Waals surface area contributed by atoms with Gasteiger partial charge in [-0.15, -0.1) is 0 Å². The molecule has 0 radical (unpaired) electrons. The Kier molecular flexibility index (Phi) is 4.19. The molecule has 0 aliphatic heterocycles. The van der Waals surface area contributed by atoms with Crippen LogP contribution in [0.1, 0.15) is 28.7 Å². The Balaban J connectivity index is 2.15. The average Bonchev–Trinajstić information content (AvgIpc) is 2.82. The summed E-state index contributed by atoms with van der Waals surface area (Å²) in [6.45, 7) is 3.93. The molecule has 0 bridgehead atoms. The Hall–Kier alpha value is -2.57. The van der Waals surface area contributed by atoms with E-state index in [1.165, 1.54) is 0 Å². The van der Waals surface area contributed by atoms with E-state index in [0.29, 0.717) is 29.4 Å². The van der Waals surface area contributed by atoms with E-state index in [0.717, 1.165) is 0 Å². The smallest absolute Gasteiger partial charge is 0.344 e. The summed E-state index contributed by atoms with van der Waals surface area (Å²) in [6.07, 6.45) is 0. The lowest BCUT2D eigenvalue weighted by Crippen LogP contribution is -2.11. The highest BCUT2D eigenvalue weighted by Crippen LogP contribution is 2.25. The molecule has 0 amide bonds. The van der Waals surface area contributed by atoms with Crippen molar-refractivity contribution in [2.24, 2.45) is 0 Å². The number of benzene rings is 1. The van der Waals surface area contributed by atoms with E-state index in [2.05, 4.69) is 14.9 Å². The molecule has 1 aromatic heterocycles. The van der Waals surface area contributed by atoms with Gasteiger partial charge < -0.3 is 15.2 Å². The highest BCUT2D eigenvalue weighted by Gasteiger charge is 2.18. The molecule has 1 aromatic carbocycles. The minimum Gasteiger partial charge on any atom is -0.493 e. The fourth-order valence-corrected chi connectivity index (χ4v) is 1.63. The first-order chi connectivity index (χ1) is 9.63. The van der Waals surface area contributed by atoms with Crippen LogP contribution in [0.2, 0.25) is 0 Å². The third-order valence-corrected chi connectivity index (χ3v) is 2.65. The topological polar surface area (TPSA) is 100 Å². The Morgan fingerprint density at radius 3 is 2.85 bits per heavy atom. The molecule has 20 heavy (non-hydrogen) atoms. The highest BCUT2D eigenvalue weighted by atomic mass is 16.6. The van der Waals surface area contributed by atoms with Crippen LogP contribution in [-0.4, -0.2) is 22.9 Å². The van der Waals surface area contributed by atoms with E-state index in [9.17, 15) is 4.79 Å². The van der Waals surface area contributed by atoms with Gasteiger partial charge in [0.1, 0.15) is 29.3 Å². The van der Waals surface area contributed by atoms with Crippen LogP contribution in [0.3, 0.4) is 0 Å². The molecule has 2 aromatic rings. The first-order valence-electron chi connectivity index (χ1n) is 6.10. The molecule has 2 N–H and O–H groups in total. The molecule has 0 aliphatic rings. The van der Waals surface area contributed by atoms with Crippen LogP contribution >= 0.6 is 0 Å². The van der Waals surface area contributed by atoms with Gasteiger partial charge in [-0.2, -0.15) is 0 Å². The van der Waals surface area contributed by atoms with Crippen LogP contribution < -0.4 is 10.5 Å². The number of nitrogens with two attached hydrogens (primary N) is 1. The molecule has 106 valence electrons. The maximum atomic E-state index is 12.1. The molecule has 1 heterocycles. The number of carbonyl (C=O) groups is 1. The summed E-state index contributed by atoms with van der Waals surface area (Å²) >= 11 is 0. The summed E-state index contributed by atoms with van der Waals surface area (Å²) in [4.78, 5) is 12.1. The van der Waals surface area contributed by atoms with Gasteiger partial charge in [0.2, 0.25) is 0 Å². The number of ether oxygens (including phenoxy) is 2. The second-order valence-corrected chi connectivity index (χ2v) is 4.03. The van der Waals surface area contributed by atoms with Crippen molar-refractivity contribution in [3.63, 3.8) is 0 Å². The SMILES string of the molecule is CCOc1cccc(N)c1C(=O)OCc1nonc1C. The summed E-state index contributed by atoms with van der Waals surface area (Å²) in [5, 5.41) is 7.24. The summed E-state index contributed by atoms with van der Waals surface area (Å²) in [7, 11) is 0. The zero-order valence-corrected chi connectivity index (χ0v) is 11.3. The maximum absolute atomic E-state index is 12.1. The van der Waals surface area contributed by atoms with Gasteiger partial charge in [-0.05, 0) is 26.0 Å². The van der Waals surface area contributed by atoms with Crippen molar-refractivity contribution in [2.45, 2.75) is 20.5 Å². The van der Waals surface area contributed by atoms with Crippen LogP contribution in [-0.2, 0) is 11.3 Å². The molecule has 7 nitrogen and oxygen atoms in total. The van der Waals surface area contributed by atoms with E-state index in [-0.39, 0.29) is 12.2 Å². The fraction of sp³-hybridized carbons (Fsp3) is 0.308. The number of esters is 1. The van der Waals surface area contributed by atoms with E-state index in [1.807, 2.05) is 6.92 Å². The van der Waals surface area contributed by atoms with E-state index in [4.69, 9.17) is 15.2 Å². The van der Waals surface area contributed by atoms with E-state index in [1.54, 1.807) is 25.1 Å². The molecule has 0 aliphatic carbocycles. The normalized spacial score (nSPS) is 10.3. The van der Waals surface area contributed by atoms with E-state index >= 15 is 0 Å². The molecule has 0 saturated carbocycles. The summed E-state index contributed by atoms with van der Waals surface area (Å²) in [6, 6.07) is 4.99. The third kappa shape index (κ3) is 2.87. The first kappa shape index (κ1) is 13.9. The Bertz CT molecular complexity index is 609. The number of aryl methyl sites for hydroxylation is 1. The van der Waals surface area contributed by atoms with Gasteiger partial charge in [0.05, 0.1) is 6.61 Å². The van der Waals surface area contributed by atoms with Crippen molar-refractivity contribution < 1.29 is 18.9 Å². The zero-order chi connectivity index (χ0) is 14.5. The summed E-state index contributed by atoms with van der Waals surface area (Å²) in [5.74, 6) is -0.179. The molecule has 0 fully saturated rings. The Labute approximate surface area is 115 Å². The second kappa shape index (κ2) is 6.05. The van der Waals surface area contributed by atoms with Crippen LogP contribution in [0.15, 0.2) is 22.8 Å². The van der Waals surface area contributed by atoms with Crippen LogP contribution in [0.5, 0.6) is 5.75 Å². The van der Waals surface area contributed by atoms with Crippen molar-refractivity contribution in [1.82, 2.24) is 10.3 Å². The lowest BCUT2D eigenvalue weighted by Gasteiger charge is -2.11. The summed E-state index contributed by atoms with van der Waals surface area (Å²) in [5.41, 5.74) is 7.35. The quantitative estimate of drug-likeness (QED) is 0.655. The van der Waals surface area contributed by atoms with Gasteiger partial charge in [-0.3, -0.25) is 0 Å². The monoisotopic (exact) mass is 277 g/mol. The number of aromatic nitrogens is 2. The number of carbonyl (C=O) groups excluding carboxylic acids is 1. The molecule has 0 unspecified atom stereocenters. The van der Waals surface area contributed by atoms with Crippen molar-refractivity contribution >= 4 is 11.7 Å². The lowest BCUT2D eigenvalue weighted by molar-refractivity contribution is 0.0460. The van der Waals surface area contributed by atoms with E-state index < -0.39 is 5.97 Å². The van der Waals surface area contributed by atoms with Gasteiger partial charge >= 0.3 is 5.97 Å². The van der Waals surface area contributed by atoms with Gasteiger partial charge in [0.15, 0.2) is 0 Å². The third-order valence-electron chi connectivity index (χ3n) is 2.65. The summed E-state index contributed by atoms with van der Waals surface area (Å²) < 4.78 is 15.1. The number of hydrogen-bond acceptors (Lipinski definition) is 7. The van der Waals surface area contributed by atoms with Crippen LogP contribution in [0.25, 0.3) is 0 Å². The lowest BCUT2D eigenvalue weighted by atomic mass is 10.1. The average molecular weight is 277 g/mol. The predicted molar refractivity (Wildman–Crippen MR) is 70.2 cm³/mol. The van der Waals surface area contributed by atoms with Crippen molar-refractivity contribution in [3.05, 3.63) is 35.2 Å². The molecule has 2 rings (SSSR count). The Morgan fingerprint density at radius 1 is 1.40 bits per heavy atom. The standard InChI is InChI=1S/C13H15N3O4/c1-3-18-11-6-4-5-9(14)12(11)13(17)19-7-10-8(2)15-20-16-10/h4-6H,3,7,14H2,1-2H3. The van der Waals surface area contributed by atoms with Crippen molar-refractivity contribution in [1.29, 1.82) is 0 Å². The number of anilines is 1. The Morgan fingerprint density at radius 2 is 2.20 bits per heavy atom. The molecular formula is C13H15N3O4. The maximum Gasteiger partial charge on any atom is 0.344 e. The minimum absolute atomic E-state index is 0.0337. The predicted octanol–water partition coefficient (Wildman–Crippen LogP) is 1.72. The number of nitrogen functional groups attached to an aromatic ring is 1. The van der Waals surface area contributed by atoms with Crippen LogP contribution in [0, 0.1) is 6.92 Å². The number of nitrogens with zero attached hydrogens (tertiary/aromatic N) is 2. The molecule has 0 spiro atoms. The fourth-order valence-electron chi connectivity index (χ4n) is 1.63. The number of rotatable bonds is 5. The largest absolute Gasteiger partial charge is 0.493 e. The molecule has 0 atom stereocenters. The zero-order valence-electron chi connectivity index (χ0n) is 11.3. The van der Waals surface area contributed by atoms with Crippen molar-refractivity contribution in [3.8, 4) is 5.75 Å². The van der Waals surface area contributed by atoms with Gasteiger partial charge in [0, 0.05) is 5.69 Å². The minimum atomic E-state index is -0.575. The number of hydrogen-bond donors (Lipinski definition) is 1. The second-order valence-electron chi connectivity index (χ2n) is 4.03. The molecule has 7 heteroatoms. The molecule has 0 saturated heterocycles. The first-order valence-corrected chi connectivity index (χ1v) is 6.10. The van der Waals surface area contributed by atoms with Crippen LogP contribution in [0.4, 0.5) is 5.69 Å². The molecular weight excluding hydrogens is 262 g/mol. The van der Waals surface area contributed by atoms with Crippen molar-refractivity contribution in [2.75, 3.05) is 12.3 Å². The van der Waals surface area contributed by atoms with Gasteiger partial charge in [0.25, 0.3) is 0 Å². The van der Waals surface area contributed by atoms with Gasteiger partial charge in [-0.25, -0.2) is 9.42 Å². The van der Waals surface area contributed by atoms with Gasteiger partial charge in [-0.1, -0.05) is 16.4 Å².